The van der Waals surface area contributed by atoms with E-state index < -0.39 is 0 Å². The first-order valence-corrected chi connectivity index (χ1v) is 3.16. The Morgan fingerprint density at radius 2 is 1.80 bits per heavy atom. The minimum atomic E-state index is 0. The topological polar surface area (TPSA) is 0 Å². The largest absolute Gasteiger partial charge is 0.269 e. The van der Waals surface area contributed by atoms with E-state index in [1.807, 2.05) is 0 Å². The van der Waals surface area contributed by atoms with Gasteiger partial charge in [-0.05, 0) is 0 Å². The fourth-order valence-corrected chi connectivity index (χ4v) is 0.929. The standard InChI is InChI=1S/C6H7.3FH.Ti/c1-6-4-2-3-5-6;;;;/h2,4H,3H2,1H3;3*1H;. The Balaban J connectivity index is -0.000000163. The molecule has 10 heavy (non-hydrogen) atoms. The molecule has 0 radical (unpaired) electrons. The zero-order chi connectivity index (χ0) is 5.28. The molecule has 4 heteroatoms. The molecule has 0 atom stereocenters. The van der Waals surface area contributed by atoms with Gasteiger partial charge in [0.25, 0.3) is 0 Å². The summed E-state index contributed by atoms with van der Waals surface area (Å²) in [6.07, 6.45) is 5.55. The fourth-order valence-electron chi connectivity index (χ4n) is 0.615. The summed E-state index contributed by atoms with van der Waals surface area (Å²) in [6, 6.07) is 0. The fraction of sp³-hybridized carbons (Fsp3) is 0.333. The van der Waals surface area contributed by atoms with Crippen LogP contribution in [0, 0.1) is 0 Å². The summed E-state index contributed by atoms with van der Waals surface area (Å²) in [5, 5.41) is 0. The molecule has 0 saturated heterocycles. The number of allylic oxidation sites excluding steroid dienone is 4. The van der Waals surface area contributed by atoms with Crippen molar-refractivity contribution in [3.8, 4) is 0 Å². The SMILES string of the molecule is CC1=[C]([Ti])CC=C1.F.F.F. The van der Waals surface area contributed by atoms with Gasteiger partial charge in [-0.25, -0.2) is 0 Å². The van der Waals surface area contributed by atoms with Crippen LogP contribution in [0.1, 0.15) is 13.3 Å². The van der Waals surface area contributed by atoms with Gasteiger partial charge in [0.05, 0.1) is 0 Å². The van der Waals surface area contributed by atoms with Gasteiger partial charge in [-0.1, -0.05) is 0 Å². The Kier molecular flexibility index (Phi) is 11.7. The molecule has 1 aliphatic rings. The summed E-state index contributed by atoms with van der Waals surface area (Å²) in [4.78, 5) is 0. The quantitative estimate of drug-likeness (QED) is 0.510. The first-order chi connectivity index (χ1) is 3.30. The van der Waals surface area contributed by atoms with Crippen LogP contribution in [0.2, 0.25) is 0 Å². The van der Waals surface area contributed by atoms with Crippen molar-refractivity contribution < 1.29 is 34.5 Å². The third kappa shape index (κ3) is 3.91. The minimum Gasteiger partial charge on any atom is -0.269 e. The molecule has 0 N–H and O–H groups in total. The third-order valence-corrected chi connectivity index (χ3v) is 2.10. The molecular weight excluding hydrogens is 177 g/mol. The Morgan fingerprint density at radius 1 is 1.30 bits per heavy atom. The van der Waals surface area contributed by atoms with E-state index in [9.17, 15) is 0 Å². The van der Waals surface area contributed by atoms with Gasteiger partial charge in [-0.2, -0.15) is 0 Å². The average molecular weight is 187 g/mol. The van der Waals surface area contributed by atoms with Crippen LogP contribution in [-0.4, -0.2) is 0 Å². The molecule has 0 aromatic heterocycles. The van der Waals surface area contributed by atoms with Crippen LogP contribution in [0.4, 0.5) is 14.1 Å². The third-order valence-electron chi connectivity index (χ3n) is 1.17. The maximum atomic E-state index is 2.20. The summed E-state index contributed by atoms with van der Waals surface area (Å²) in [5.74, 6) is 0. The number of rotatable bonds is 0. The predicted octanol–water partition coefficient (Wildman–Crippen LogP) is 2.22. The van der Waals surface area contributed by atoms with E-state index in [0.717, 1.165) is 0 Å². The van der Waals surface area contributed by atoms with Gasteiger partial charge < -0.3 is 0 Å². The number of hydrogen-bond donors (Lipinski definition) is 0. The van der Waals surface area contributed by atoms with Gasteiger partial charge in [0.15, 0.2) is 0 Å². The van der Waals surface area contributed by atoms with Crippen molar-refractivity contribution in [3.63, 3.8) is 0 Å². The van der Waals surface area contributed by atoms with Crippen LogP contribution in [0.25, 0.3) is 0 Å². The van der Waals surface area contributed by atoms with Crippen LogP contribution in [0.3, 0.4) is 0 Å². The normalized spacial score (nSPS) is 13.2. The zero-order valence-electron chi connectivity index (χ0n) is 5.59. The first kappa shape index (κ1) is 16.5. The maximum absolute atomic E-state index is 2.20. The van der Waals surface area contributed by atoms with Crippen LogP contribution in [0.5, 0.6) is 0 Å². The summed E-state index contributed by atoms with van der Waals surface area (Å²) < 4.78 is 1.51. The Bertz CT molecular complexity index is 140. The van der Waals surface area contributed by atoms with Crippen LogP contribution in [0.15, 0.2) is 21.6 Å². The Morgan fingerprint density at radius 3 is 1.90 bits per heavy atom. The van der Waals surface area contributed by atoms with E-state index in [-0.39, 0.29) is 14.1 Å². The van der Waals surface area contributed by atoms with E-state index in [0.29, 0.717) is 0 Å². The van der Waals surface area contributed by atoms with Crippen molar-refractivity contribution in [2.75, 3.05) is 0 Å². The molecule has 0 spiro atoms. The molecule has 0 heterocycles. The molecule has 0 unspecified atom stereocenters. The number of halogens is 3. The molecule has 0 bridgehead atoms. The van der Waals surface area contributed by atoms with Crippen LogP contribution >= 0.6 is 0 Å². The molecule has 0 nitrogen and oxygen atoms in total. The van der Waals surface area contributed by atoms with Crippen molar-refractivity contribution in [1.29, 1.82) is 0 Å². The van der Waals surface area contributed by atoms with Crippen LogP contribution in [-0.2, 0) is 20.4 Å². The second kappa shape index (κ2) is 7.10. The Labute approximate surface area is 69.9 Å². The van der Waals surface area contributed by atoms with Gasteiger partial charge in [0, 0.05) is 0 Å². The van der Waals surface area contributed by atoms with E-state index in [4.69, 9.17) is 0 Å². The summed E-state index contributed by atoms with van der Waals surface area (Å²) in [5.41, 5.74) is 1.44. The second-order valence-electron chi connectivity index (χ2n) is 1.77. The van der Waals surface area contributed by atoms with Gasteiger partial charge in [-0.3, -0.25) is 14.1 Å². The van der Waals surface area contributed by atoms with Crippen molar-refractivity contribution in [3.05, 3.63) is 21.6 Å². The number of hydrogen-bond acceptors (Lipinski definition) is 0. The molecule has 0 aromatic rings. The first-order valence-electron chi connectivity index (χ1n) is 2.38. The monoisotopic (exact) mass is 187 g/mol. The van der Waals surface area contributed by atoms with Crippen molar-refractivity contribution in [2.24, 2.45) is 0 Å². The van der Waals surface area contributed by atoms with Crippen molar-refractivity contribution in [1.82, 2.24) is 0 Å². The van der Waals surface area contributed by atoms with Gasteiger partial charge in [-0.15, -0.1) is 0 Å². The molecule has 0 aliphatic heterocycles. The summed E-state index contributed by atoms with van der Waals surface area (Å²) in [7, 11) is 0. The van der Waals surface area contributed by atoms with Gasteiger partial charge in [0.1, 0.15) is 0 Å². The summed E-state index contributed by atoms with van der Waals surface area (Å²) >= 11 is 2.18. The summed E-state index contributed by atoms with van der Waals surface area (Å²) in [6.45, 7) is 2.15. The minimum absolute atomic E-state index is 0. The maximum Gasteiger partial charge on any atom is -0.269 e. The van der Waals surface area contributed by atoms with E-state index in [1.54, 1.807) is 0 Å². The van der Waals surface area contributed by atoms with Crippen molar-refractivity contribution >= 4 is 0 Å². The van der Waals surface area contributed by atoms with E-state index in [1.165, 1.54) is 15.9 Å². The van der Waals surface area contributed by atoms with E-state index >= 15 is 0 Å². The molecule has 1 rings (SSSR count). The predicted molar refractivity (Wildman–Crippen MR) is 34.0 cm³/mol. The zero-order valence-corrected chi connectivity index (χ0v) is 7.15. The smallest absolute Gasteiger partial charge is 0.269 e. The van der Waals surface area contributed by atoms with E-state index in [2.05, 4.69) is 39.5 Å². The van der Waals surface area contributed by atoms with Gasteiger partial charge >= 0.3 is 55.4 Å². The second-order valence-corrected chi connectivity index (χ2v) is 2.71. The molecular formula is C6H10F3Ti. The Hall–Kier alpha value is -0.0157. The molecule has 0 aromatic carbocycles. The van der Waals surface area contributed by atoms with Crippen molar-refractivity contribution in [2.45, 2.75) is 13.3 Å². The molecule has 0 fully saturated rings. The van der Waals surface area contributed by atoms with Crippen LogP contribution < -0.4 is 0 Å². The average Bonchev–Trinajstić information content (AvgIpc) is 1.91. The molecule has 0 saturated carbocycles. The van der Waals surface area contributed by atoms with Gasteiger partial charge in [0.2, 0.25) is 0 Å². The molecule has 59 valence electrons. The molecule has 0 amide bonds. The molecule has 1 aliphatic carbocycles.